The van der Waals surface area contributed by atoms with Crippen molar-refractivity contribution >= 4 is 97.1 Å². The second-order valence-corrected chi connectivity index (χ2v) is 17.8. The number of hydrogen-bond acceptors (Lipinski definition) is 1. The summed E-state index contributed by atoms with van der Waals surface area (Å²) in [6.07, 6.45) is 1.89. The Morgan fingerprint density at radius 1 is 0.212 bits per heavy atom. The van der Waals surface area contributed by atoms with E-state index in [-0.39, 0.29) is 0 Å². The molecule has 0 spiro atoms. The lowest BCUT2D eigenvalue weighted by Gasteiger charge is -2.21. The van der Waals surface area contributed by atoms with Gasteiger partial charge in [-0.2, -0.15) is 0 Å². The number of fused-ring (bicyclic) bond motifs is 12. The molecule has 0 N–H and O–H groups in total. The SMILES string of the molecule is c1ccc2c(c1)cc(-c1c3ccccc3c(-c3cc4ccccc4c4ccccc34)c3cc(-c4ccc5cc(-c6cc7ncccc7c7ccccc67)ccc5c4)ccc13)c1ccccc12. The minimum atomic E-state index is 1.01. The van der Waals surface area contributed by atoms with Crippen LogP contribution in [0.5, 0.6) is 0 Å². The number of benzene rings is 13. The first-order chi connectivity index (χ1) is 32.7. The summed E-state index contributed by atoms with van der Waals surface area (Å²) in [7, 11) is 0. The summed E-state index contributed by atoms with van der Waals surface area (Å²) in [5, 5.41) is 21.1. The van der Waals surface area contributed by atoms with Crippen molar-refractivity contribution in [3.63, 3.8) is 0 Å². The molecule has 0 radical (unpaired) electrons. The molecule has 0 aliphatic rings. The zero-order chi connectivity index (χ0) is 43.3. The van der Waals surface area contributed by atoms with Gasteiger partial charge in [0.05, 0.1) is 5.52 Å². The summed E-state index contributed by atoms with van der Waals surface area (Å²) in [5.74, 6) is 0. The molecule has 66 heavy (non-hydrogen) atoms. The van der Waals surface area contributed by atoms with Crippen LogP contribution in [-0.4, -0.2) is 4.98 Å². The number of pyridine rings is 1. The Morgan fingerprint density at radius 3 is 1.23 bits per heavy atom. The zero-order valence-corrected chi connectivity index (χ0v) is 36.0. The lowest BCUT2D eigenvalue weighted by atomic mass is 9.81. The van der Waals surface area contributed by atoms with E-state index >= 15 is 0 Å². The summed E-state index contributed by atoms with van der Waals surface area (Å²) < 4.78 is 0. The van der Waals surface area contributed by atoms with Crippen molar-refractivity contribution in [2.45, 2.75) is 0 Å². The van der Waals surface area contributed by atoms with Gasteiger partial charge in [-0.25, -0.2) is 0 Å². The van der Waals surface area contributed by atoms with Gasteiger partial charge in [0.2, 0.25) is 0 Å². The molecule has 0 aliphatic heterocycles. The first-order valence-corrected chi connectivity index (χ1v) is 22.8. The van der Waals surface area contributed by atoms with Crippen LogP contribution in [0.2, 0.25) is 0 Å². The topological polar surface area (TPSA) is 12.9 Å². The van der Waals surface area contributed by atoms with Crippen molar-refractivity contribution in [2.24, 2.45) is 0 Å². The summed E-state index contributed by atoms with van der Waals surface area (Å²) in [6.45, 7) is 0. The number of rotatable bonds is 4. The summed E-state index contributed by atoms with van der Waals surface area (Å²) in [6, 6.07) is 85.7. The van der Waals surface area contributed by atoms with Crippen LogP contribution in [0.1, 0.15) is 0 Å². The minimum Gasteiger partial charge on any atom is -0.256 e. The first kappa shape index (κ1) is 36.8. The summed E-state index contributed by atoms with van der Waals surface area (Å²) >= 11 is 0. The fourth-order valence-corrected chi connectivity index (χ4v) is 11.2. The molecule has 14 rings (SSSR count). The van der Waals surface area contributed by atoms with E-state index in [0.717, 1.165) is 5.52 Å². The van der Waals surface area contributed by atoms with E-state index in [1.807, 2.05) is 12.3 Å². The highest BCUT2D eigenvalue weighted by atomic mass is 14.6. The van der Waals surface area contributed by atoms with E-state index in [0.29, 0.717) is 0 Å². The maximum Gasteiger partial charge on any atom is 0.0714 e. The molecule has 1 aromatic heterocycles. The lowest BCUT2D eigenvalue weighted by molar-refractivity contribution is 1.42. The van der Waals surface area contributed by atoms with Gasteiger partial charge in [-0.1, -0.05) is 188 Å². The maximum absolute atomic E-state index is 4.76. The lowest BCUT2D eigenvalue weighted by Crippen LogP contribution is -1.94. The van der Waals surface area contributed by atoms with Crippen LogP contribution in [0, 0.1) is 0 Å². The quantitative estimate of drug-likeness (QED) is 0.127. The van der Waals surface area contributed by atoms with Crippen LogP contribution in [0.3, 0.4) is 0 Å². The number of nitrogens with zero attached hydrogens (tertiary/aromatic N) is 1. The highest BCUT2D eigenvalue weighted by molar-refractivity contribution is 6.29. The molecule has 304 valence electrons. The van der Waals surface area contributed by atoms with Crippen molar-refractivity contribution in [3.8, 4) is 44.5 Å². The highest BCUT2D eigenvalue weighted by Crippen LogP contribution is 2.49. The van der Waals surface area contributed by atoms with Gasteiger partial charge in [0.1, 0.15) is 0 Å². The van der Waals surface area contributed by atoms with Crippen LogP contribution in [0.4, 0.5) is 0 Å². The Bertz CT molecular complexity index is 4350. The molecule has 1 nitrogen and oxygen atoms in total. The smallest absolute Gasteiger partial charge is 0.0714 e. The monoisotopic (exact) mass is 833 g/mol. The fraction of sp³-hybridized carbons (Fsp3) is 0. The van der Waals surface area contributed by atoms with Gasteiger partial charge in [0.15, 0.2) is 0 Å². The molecule has 0 fully saturated rings. The highest BCUT2D eigenvalue weighted by Gasteiger charge is 2.22. The van der Waals surface area contributed by atoms with Crippen molar-refractivity contribution in [3.05, 3.63) is 237 Å². The average molecular weight is 834 g/mol. The molecule has 0 unspecified atom stereocenters. The van der Waals surface area contributed by atoms with Gasteiger partial charge in [-0.3, -0.25) is 4.98 Å². The molecule has 0 atom stereocenters. The van der Waals surface area contributed by atoms with Crippen LogP contribution >= 0.6 is 0 Å². The Morgan fingerprint density at radius 2 is 0.621 bits per heavy atom. The van der Waals surface area contributed by atoms with Gasteiger partial charge < -0.3 is 0 Å². The van der Waals surface area contributed by atoms with Crippen molar-refractivity contribution in [2.75, 3.05) is 0 Å². The normalized spacial score (nSPS) is 11.9. The number of hydrogen-bond donors (Lipinski definition) is 0. The molecule has 13 aromatic carbocycles. The molecule has 0 bridgehead atoms. The molecular weight excluding hydrogens is 795 g/mol. The molecule has 0 amide bonds. The minimum absolute atomic E-state index is 1.01. The Labute approximate surface area is 381 Å². The van der Waals surface area contributed by atoms with Crippen molar-refractivity contribution < 1.29 is 0 Å². The van der Waals surface area contributed by atoms with Crippen molar-refractivity contribution in [1.82, 2.24) is 4.98 Å². The van der Waals surface area contributed by atoms with E-state index in [4.69, 9.17) is 4.98 Å². The molecule has 1 heterocycles. The summed E-state index contributed by atoms with van der Waals surface area (Å²) in [4.78, 5) is 4.76. The number of aromatic nitrogens is 1. The average Bonchev–Trinajstić information content (AvgIpc) is 3.39. The second kappa shape index (κ2) is 14.4. The fourth-order valence-electron chi connectivity index (χ4n) is 11.2. The molecule has 0 aliphatic carbocycles. The maximum atomic E-state index is 4.76. The predicted octanol–water partition coefficient (Wildman–Crippen LogP) is 18.1. The third kappa shape index (κ3) is 5.57. The van der Waals surface area contributed by atoms with Gasteiger partial charge in [-0.05, 0) is 173 Å². The molecule has 14 aromatic rings. The molecule has 1 heteroatoms. The van der Waals surface area contributed by atoms with Crippen LogP contribution in [0.25, 0.3) is 142 Å². The van der Waals surface area contributed by atoms with Gasteiger partial charge in [-0.15, -0.1) is 0 Å². The Hall–Kier alpha value is -8.65. The van der Waals surface area contributed by atoms with E-state index < -0.39 is 0 Å². The molecular formula is C65H39N. The van der Waals surface area contributed by atoms with Gasteiger partial charge >= 0.3 is 0 Å². The standard InChI is InChI=1S/C65H39N/c1-3-16-47-44(14-1)37-60(53-22-9-5-18-49(47)53)64-56-24-11-12-25-57(56)65(61-38-45-15-2-4-17-48(45)50-19-6-10-23-54(50)61)62-36-43(31-32-58(62)64)41-27-28-42-35-46(30-29-40(42)34-41)59-39-63-55(26-13-33-66-63)51-20-7-8-21-52(51)59/h1-39H. The van der Waals surface area contributed by atoms with E-state index in [1.54, 1.807) is 0 Å². The predicted molar refractivity (Wildman–Crippen MR) is 284 cm³/mol. The Kier molecular flexibility index (Phi) is 8.05. The van der Waals surface area contributed by atoms with Gasteiger partial charge in [0, 0.05) is 11.6 Å². The van der Waals surface area contributed by atoms with Crippen molar-refractivity contribution in [1.29, 1.82) is 0 Å². The van der Waals surface area contributed by atoms with E-state index in [9.17, 15) is 0 Å². The van der Waals surface area contributed by atoms with Crippen LogP contribution in [-0.2, 0) is 0 Å². The van der Waals surface area contributed by atoms with Gasteiger partial charge in [0.25, 0.3) is 0 Å². The van der Waals surface area contributed by atoms with Crippen LogP contribution < -0.4 is 0 Å². The van der Waals surface area contributed by atoms with Crippen LogP contribution in [0.15, 0.2) is 237 Å². The molecule has 0 saturated carbocycles. The largest absolute Gasteiger partial charge is 0.256 e. The molecule has 0 saturated heterocycles. The van der Waals surface area contributed by atoms with E-state index in [2.05, 4.69) is 224 Å². The summed E-state index contributed by atoms with van der Waals surface area (Å²) in [5.41, 5.74) is 10.8. The second-order valence-electron chi connectivity index (χ2n) is 17.8. The third-order valence-corrected chi connectivity index (χ3v) is 14.2. The van der Waals surface area contributed by atoms with E-state index in [1.165, 1.54) is 136 Å². The first-order valence-electron chi connectivity index (χ1n) is 22.8. The Balaban J connectivity index is 1.03. The third-order valence-electron chi connectivity index (χ3n) is 14.2. The zero-order valence-electron chi connectivity index (χ0n) is 36.0.